The number of nitrogens with zero attached hydrogens (tertiary/aromatic N) is 3. The Balaban J connectivity index is 2.35. The van der Waals surface area contributed by atoms with E-state index < -0.39 is 11.4 Å². The molecule has 1 aromatic heterocycles. The zero-order valence-electron chi connectivity index (χ0n) is 10.3. The second kappa shape index (κ2) is 5.19. The van der Waals surface area contributed by atoms with Gasteiger partial charge >= 0.3 is 0 Å². The molecule has 0 spiro atoms. The summed E-state index contributed by atoms with van der Waals surface area (Å²) in [6, 6.07) is 0. The first-order chi connectivity index (χ1) is 8.43. The maximum Gasteiger partial charge on any atom is 0.202 e. The molecule has 1 saturated heterocycles. The van der Waals surface area contributed by atoms with E-state index in [-0.39, 0.29) is 11.0 Å². The van der Waals surface area contributed by atoms with Crippen LogP contribution in [0.2, 0.25) is 5.15 Å². The molecule has 1 aromatic rings. The van der Waals surface area contributed by atoms with Crippen molar-refractivity contribution in [2.75, 3.05) is 24.2 Å². The van der Waals surface area contributed by atoms with Gasteiger partial charge in [0.15, 0.2) is 16.1 Å². The number of thioether (sulfide) groups is 1. The molecule has 1 fully saturated rings. The van der Waals surface area contributed by atoms with Gasteiger partial charge < -0.3 is 10.0 Å². The second-order valence-corrected chi connectivity index (χ2v) is 5.79. The number of rotatable bonds is 2. The Morgan fingerprint density at radius 3 is 2.83 bits per heavy atom. The van der Waals surface area contributed by atoms with Crippen LogP contribution >= 0.6 is 23.4 Å². The van der Waals surface area contributed by atoms with Gasteiger partial charge in [0, 0.05) is 13.1 Å². The van der Waals surface area contributed by atoms with E-state index in [1.165, 1.54) is 11.8 Å². The highest BCUT2D eigenvalue weighted by Gasteiger charge is 2.31. The van der Waals surface area contributed by atoms with Crippen molar-refractivity contribution in [2.45, 2.75) is 30.5 Å². The Bertz CT molecular complexity index is 458. The number of aromatic nitrogens is 2. The average Bonchev–Trinajstić information content (AvgIpc) is 2.31. The van der Waals surface area contributed by atoms with E-state index in [1.54, 1.807) is 18.1 Å². The van der Waals surface area contributed by atoms with Crippen LogP contribution in [0.3, 0.4) is 0 Å². The van der Waals surface area contributed by atoms with Crippen molar-refractivity contribution < 1.29 is 9.50 Å². The van der Waals surface area contributed by atoms with E-state index >= 15 is 0 Å². The molecule has 7 heteroatoms. The maximum absolute atomic E-state index is 14.0. The van der Waals surface area contributed by atoms with Crippen molar-refractivity contribution >= 4 is 29.2 Å². The topological polar surface area (TPSA) is 49.2 Å². The number of halogens is 2. The molecule has 0 aromatic carbocycles. The van der Waals surface area contributed by atoms with Crippen LogP contribution in [0.25, 0.3) is 0 Å². The van der Waals surface area contributed by atoms with Crippen LogP contribution in [0.15, 0.2) is 5.16 Å². The number of β-amino-alcohol motifs (C(OH)–C–C–N with tert-alkyl or cyclic N) is 1. The van der Waals surface area contributed by atoms with Crippen molar-refractivity contribution in [2.24, 2.45) is 0 Å². The summed E-state index contributed by atoms with van der Waals surface area (Å²) in [5.74, 6) is -0.438. The monoisotopic (exact) mass is 291 g/mol. The van der Waals surface area contributed by atoms with Gasteiger partial charge in [-0.15, -0.1) is 0 Å². The predicted octanol–water partition coefficient (Wildman–Crippen LogP) is 2.34. The fourth-order valence-corrected chi connectivity index (χ4v) is 2.67. The fourth-order valence-electron chi connectivity index (χ4n) is 2.09. The van der Waals surface area contributed by atoms with Crippen LogP contribution in [0.5, 0.6) is 0 Å². The fraction of sp³-hybridized carbons (Fsp3) is 0.636. The molecule has 1 N–H and O–H groups in total. The normalized spacial score (nSPS) is 24.4. The highest BCUT2D eigenvalue weighted by atomic mass is 35.5. The number of hydrogen-bond donors (Lipinski definition) is 1. The Labute approximate surface area is 115 Å². The van der Waals surface area contributed by atoms with Crippen LogP contribution < -0.4 is 4.90 Å². The third-order valence-electron chi connectivity index (χ3n) is 2.93. The smallest absolute Gasteiger partial charge is 0.202 e. The molecule has 0 aliphatic carbocycles. The third-order valence-corrected chi connectivity index (χ3v) is 3.73. The van der Waals surface area contributed by atoms with Gasteiger partial charge in [-0.25, -0.2) is 9.97 Å². The Morgan fingerprint density at radius 2 is 2.22 bits per heavy atom. The molecule has 100 valence electrons. The first-order valence-electron chi connectivity index (χ1n) is 5.67. The van der Waals surface area contributed by atoms with Crippen LogP contribution in [-0.2, 0) is 0 Å². The van der Waals surface area contributed by atoms with Gasteiger partial charge in [-0.2, -0.15) is 4.39 Å². The third kappa shape index (κ3) is 2.87. The van der Waals surface area contributed by atoms with Gasteiger partial charge in [-0.3, -0.25) is 0 Å². The number of anilines is 1. The molecule has 0 amide bonds. The highest BCUT2D eigenvalue weighted by molar-refractivity contribution is 7.98. The Kier molecular flexibility index (Phi) is 3.99. The van der Waals surface area contributed by atoms with Gasteiger partial charge in [-0.05, 0) is 26.0 Å². The number of piperidine rings is 1. The summed E-state index contributed by atoms with van der Waals surface area (Å²) in [6.45, 7) is 2.76. The van der Waals surface area contributed by atoms with Crippen molar-refractivity contribution in [1.82, 2.24) is 9.97 Å². The first kappa shape index (κ1) is 13.8. The van der Waals surface area contributed by atoms with E-state index in [0.29, 0.717) is 24.7 Å². The van der Waals surface area contributed by atoms with E-state index in [1.807, 2.05) is 0 Å². The molecule has 2 rings (SSSR count). The van der Waals surface area contributed by atoms with E-state index in [0.717, 1.165) is 6.42 Å². The minimum Gasteiger partial charge on any atom is -0.388 e. The van der Waals surface area contributed by atoms with Crippen molar-refractivity contribution in [1.29, 1.82) is 0 Å². The van der Waals surface area contributed by atoms with Gasteiger partial charge in [-0.1, -0.05) is 23.4 Å². The van der Waals surface area contributed by atoms with Gasteiger partial charge in [0.25, 0.3) is 0 Å². The standard InChI is InChI=1S/C11H15ClFN3OS/c1-11(17)4-3-5-16(6-11)9-7(13)8(12)14-10(15-9)18-2/h17H,3-6H2,1-2H3. The lowest BCUT2D eigenvalue weighted by atomic mass is 9.95. The molecule has 1 aliphatic rings. The molecule has 1 atom stereocenters. The zero-order chi connectivity index (χ0) is 13.3. The summed E-state index contributed by atoms with van der Waals surface area (Å²) in [4.78, 5) is 9.71. The molecular weight excluding hydrogens is 277 g/mol. The summed E-state index contributed by atoms with van der Waals surface area (Å²) in [5, 5.41) is 10.3. The largest absolute Gasteiger partial charge is 0.388 e. The summed E-state index contributed by atoms with van der Waals surface area (Å²) < 4.78 is 14.0. The molecule has 2 heterocycles. The Hall–Kier alpha value is -0.590. The SMILES string of the molecule is CSc1nc(Cl)c(F)c(N2CCCC(C)(O)C2)n1. The van der Waals surface area contributed by atoms with Crippen LogP contribution in [0.4, 0.5) is 10.2 Å². The zero-order valence-corrected chi connectivity index (χ0v) is 11.9. The van der Waals surface area contributed by atoms with Crippen molar-refractivity contribution in [3.8, 4) is 0 Å². The number of hydrogen-bond acceptors (Lipinski definition) is 5. The Morgan fingerprint density at radius 1 is 1.50 bits per heavy atom. The van der Waals surface area contributed by atoms with Crippen LogP contribution in [-0.4, -0.2) is 40.0 Å². The molecule has 0 bridgehead atoms. The summed E-state index contributed by atoms with van der Waals surface area (Å²) in [6.07, 6.45) is 3.31. The second-order valence-electron chi connectivity index (χ2n) is 4.66. The maximum atomic E-state index is 14.0. The molecule has 4 nitrogen and oxygen atoms in total. The lowest BCUT2D eigenvalue weighted by Crippen LogP contribution is -2.46. The van der Waals surface area contributed by atoms with Crippen molar-refractivity contribution in [3.63, 3.8) is 0 Å². The molecular formula is C11H15ClFN3OS. The van der Waals surface area contributed by atoms with Crippen LogP contribution in [0, 0.1) is 5.82 Å². The highest BCUT2D eigenvalue weighted by Crippen LogP contribution is 2.30. The van der Waals surface area contributed by atoms with E-state index in [2.05, 4.69) is 9.97 Å². The summed E-state index contributed by atoms with van der Waals surface area (Å²) >= 11 is 7.07. The summed E-state index contributed by atoms with van der Waals surface area (Å²) in [7, 11) is 0. The van der Waals surface area contributed by atoms with Crippen molar-refractivity contribution in [3.05, 3.63) is 11.0 Å². The molecule has 1 unspecified atom stereocenters. The lowest BCUT2D eigenvalue weighted by molar-refractivity contribution is 0.0445. The van der Waals surface area contributed by atoms with E-state index in [4.69, 9.17) is 11.6 Å². The minimum atomic E-state index is -0.818. The average molecular weight is 292 g/mol. The van der Waals surface area contributed by atoms with Gasteiger partial charge in [0.05, 0.1) is 5.60 Å². The molecule has 0 radical (unpaired) electrons. The van der Waals surface area contributed by atoms with Crippen LogP contribution in [0.1, 0.15) is 19.8 Å². The minimum absolute atomic E-state index is 0.172. The van der Waals surface area contributed by atoms with Gasteiger partial charge in [0.2, 0.25) is 5.82 Å². The lowest BCUT2D eigenvalue weighted by Gasteiger charge is -2.37. The summed E-state index contributed by atoms with van der Waals surface area (Å²) in [5.41, 5.74) is -0.818. The predicted molar refractivity (Wildman–Crippen MR) is 70.9 cm³/mol. The quantitative estimate of drug-likeness (QED) is 0.515. The molecule has 0 saturated carbocycles. The van der Waals surface area contributed by atoms with Gasteiger partial charge in [0.1, 0.15) is 0 Å². The van der Waals surface area contributed by atoms with E-state index in [9.17, 15) is 9.50 Å². The first-order valence-corrected chi connectivity index (χ1v) is 7.27. The number of aliphatic hydroxyl groups is 1. The molecule has 18 heavy (non-hydrogen) atoms. The molecule has 1 aliphatic heterocycles.